The van der Waals surface area contributed by atoms with Gasteiger partial charge in [0.15, 0.2) is 5.82 Å². The van der Waals surface area contributed by atoms with Crippen LogP contribution in [0.2, 0.25) is 0 Å². The molecule has 26 heavy (non-hydrogen) atoms. The molecule has 0 spiro atoms. The SMILES string of the molecule is CCC(CCNC(C)=O)c1cc(N)nc(-c2ccccc2C(F)(F)F)n1. The minimum absolute atomic E-state index is 0.0501. The van der Waals surface area contributed by atoms with Crippen LogP contribution in [0.25, 0.3) is 11.4 Å². The lowest BCUT2D eigenvalue weighted by Gasteiger charge is -2.17. The van der Waals surface area contributed by atoms with Crippen LogP contribution in [0.3, 0.4) is 0 Å². The number of halogens is 3. The molecule has 1 amide bonds. The molecule has 1 heterocycles. The van der Waals surface area contributed by atoms with Crippen LogP contribution in [0.1, 0.15) is 43.9 Å². The predicted octanol–water partition coefficient (Wildman–Crippen LogP) is 3.76. The van der Waals surface area contributed by atoms with Crippen LogP contribution in [0, 0.1) is 0 Å². The van der Waals surface area contributed by atoms with Gasteiger partial charge >= 0.3 is 6.18 Å². The van der Waals surface area contributed by atoms with Crippen LogP contribution < -0.4 is 11.1 Å². The fraction of sp³-hybridized carbons (Fsp3) is 0.389. The Hall–Kier alpha value is -2.64. The van der Waals surface area contributed by atoms with Crippen molar-refractivity contribution >= 4 is 11.7 Å². The Balaban J connectivity index is 2.40. The summed E-state index contributed by atoms with van der Waals surface area (Å²) in [7, 11) is 0. The molecule has 0 fully saturated rings. The van der Waals surface area contributed by atoms with Crippen LogP contribution in [0.5, 0.6) is 0 Å². The van der Waals surface area contributed by atoms with Crippen LogP contribution in [-0.2, 0) is 11.0 Å². The van der Waals surface area contributed by atoms with E-state index < -0.39 is 11.7 Å². The van der Waals surface area contributed by atoms with Crippen molar-refractivity contribution in [3.05, 3.63) is 41.6 Å². The fourth-order valence-electron chi connectivity index (χ4n) is 2.72. The lowest BCUT2D eigenvalue weighted by Crippen LogP contribution is -2.22. The number of amides is 1. The first kappa shape index (κ1) is 19.7. The lowest BCUT2D eigenvalue weighted by molar-refractivity contribution is -0.137. The molecule has 2 aromatic rings. The standard InChI is InChI=1S/C18H21F3N4O/c1-3-12(8-9-23-11(2)26)15-10-16(22)25-17(24-15)13-6-4-5-7-14(13)18(19,20)21/h4-7,10,12H,3,8-9H2,1-2H3,(H,23,26)(H2,22,24,25). The normalized spacial score (nSPS) is 12.7. The van der Waals surface area contributed by atoms with Crippen LogP contribution >= 0.6 is 0 Å². The average molecular weight is 366 g/mol. The number of carbonyl (C=O) groups is 1. The molecule has 3 N–H and O–H groups in total. The Kier molecular flexibility index (Phi) is 6.18. The summed E-state index contributed by atoms with van der Waals surface area (Å²) in [6.07, 6.45) is -3.20. The van der Waals surface area contributed by atoms with Crippen molar-refractivity contribution in [1.29, 1.82) is 0 Å². The van der Waals surface area contributed by atoms with Gasteiger partial charge in [-0.15, -0.1) is 0 Å². The second kappa shape index (κ2) is 8.16. The van der Waals surface area contributed by atoms with Gasteiger partial charge in [0.25, 0.3) is 0 Å². The molecule has 8 heteroatoms. The minimum atomic E-state index is -4.51. The summed E-state index contributed by atoms with van der Waals surface area (Å²) >= 11 is 0. The molecule has 0 aliphatic rings. The number of benzene rings is 1. The van der Waals surface area contributed by atoms with Crippen molar-refractivity contribution in [3.8, 4) is 11.4 Å². The van der Waals surface area contributed by atoms with E-state index in [1.807, 2.05) is 6.92 Å². The number of alkyl halides is 3. The third kappa shape index (κ3) is 4.93. The lowest BCUT2D eigenvalue weighted by atomic mass is 9.97. The number of hydrogen-bond acceptors (Lipinski definition) is 4. The third-order valence-electron chi connectivity index (χ3n) is 4.02. The smallest absolute Gasteiger partial charge is 0.384 e. The number of aromatic nitrogens is 2. The van der Waals surface area contributed by atoms with Gasteiger partial charge in [-0.25, -0.2) is 9.97 Å². The number of carbonyl (C=O) groups excluding carboxylic acids is 1. The molecular formula is C18H21F3N4O. The molecule has 5 nitrogen and oxygen atoms in total. The highest BCUT2D eigenvalue weighted by Crippen LogP contribution is 2.36. The zero-order chi connectivity index (χ0) is 19.3. The highest BCUT2D eigenvalue weighted by atomic mass is 19.4. The van der Waals surface area contributed by atoms with E-state index in [-0.39, 0.29) is 29.0 Å². The second-order valence-electron chi connectivity index (χ2n) is 5.96. The fourth-order valence-corrected chi connectivity index (χ4v) is 2.72. The molecule has 0 bridgehead atoms. The summed E-state index contributed by atoms with van der Waals surface area (Å²) in [6, 6.07) is 6.73. The summed E-state index contributed by atoms with van der Waals surface area (Å²) in [6.45, 7) is 3.82. The molecule has 0 radical (unpaired) electrons. The predicted molar refractivity (Wildman–Crippen MR) is 93.2 cm³/mol. The van der Waals surface area contributed by atoms with E-state index in [1.54, 1.807) is 6.07 Å². The molecule has 1 unspecified atom stereocenters. The van der Waals surface area contributed by atoms with Crippen molar-refractivity contribution < 1.29 is 18.0 Å². The number of nitrogens with zero attached hydrogens (tertiary/aromatic N) is 2. The van der Waals surface area contributed by atoms with E-state index in [0.29, 0.717) is 25.1 Å². The van der Waals surface area contributed by atoms with Crippen LogP contribution in [0.4, 0.5) is 19.0 Å². The van der Waals surface area contributed by atoms with Gasteiger partial charge in [-0.1, -0.05) is 25.1 Å². The van der Waals surface area contributed by atoms with Gasteiger partial charge in [-0.05, 0) is 18.9 Å². The highest BCUT2D eigenvalue weighted by molar-refractivity contribution is 5.72. The Labute approximate surface area is 149 Å². The molecule has 1 aromatic heterocycles. The number of rotatable bonds is 6. The number of hydrogen-bond donors (Lipinski definition) is 2. The summed E-state index contributed by atoms with van der Waals surface area (Å²) < 4.78 is 39.8. The van der Waals surface area contributed by atoms with Crippen molar-refractivity contribution in [2.75, 3.05) is 12.3 Å². The van der Waals surface area contributed by atoms with Gasteiger partial charge in [0.05, 0.1) is 5.56 Å². The largest absolute Gasteiger partial charge is 0.417 e. The van der Waals surface area contributed by atoms with Gasteiger partial charge in [0.1, 0.15) is 5.82 Å². The molecular weight excluding hydrogens is 345 g/mol. The molecule has 140 valence electrons. The zero-order valence-electron chi connectivity index (χ0n) is 14.6. The quantitative estimate of drug-likeness (QED) is 0.816. The van der Waals surface area contributed by atoms with Gasteiger partial charge < -0.3 is 11.1 Å². The maximum Gasteiger partial charge on any atom is 0.417 e. The van der Waals surface area contributed by atoms with Crippen molar-refractivity contribution in [3.63, 3.8) is 0 Å². The first-order valence-electron chi connectivity index (χ1n) is 8.27. The van der Waals surface area contributed by atoms with Crippen LogP contribution in [0.15, 0.2) is 30.3 Å². The molecule has 0 aliphatic heterocycles. The van der Waals surface area contributed by atoms with E-state index in [2.05, 4.69) is 15.3 Å². The first-order valence-corrected chi connectivity index (χ1v) is 8.27. The zero-order valence-corrected chi connectivity index (χ0v) is 14.6. The topological polar surface area (TPSA) is 80.9 Å². The molecule has 1 atom stereocenters. The monoisotopic (exact) mass is 366 g/mol. The highest BCUT2D eigenvalue weighted by Gasteiger charge is 2.34. The molecule has 1 aromatic carbocycles. The van der Waals surface area contributed by atoms with Crippen LogP contribution in [-0.4, -0.2) is 22.4 Å². The number of nitrogens with one attached hydrogen (secondary N) is 1. The van der Waals surface area contributed by atoms with Crippen molar-refractivity contribution in [2.24, 2.45) is 0 Å². The minimum Gasteiger partial charge on any atom is -0.384 e. The molecule has 0 aliphatic carbocycles. The molecule has 2 rings (SSSR count). The van der Waals surface area contributed by atoms with Gasteiger partial charge in [-0.3, -0.25) is 4.79 Å². The number of nitrogens with two attached hydrogens (primary N) is 1. The van der Waals surface area contributed by atoms with Gasteiger partial charge in [-0.2, -0.15) is 13.2 Å². The summed E-state index contributed by atoms with van der Waals surface area (Å²) in [5, 5.41) is 2.71. The average Bonchev–Trinajstić information content (AvgIpc) is 2.57. The maximum atomic E-state index is 13.3. The van der Waals surface area contributed by atoms with Gasteiger partial charge in [0, 0.05) is 36.7 Å². The molecule has 0 saturated carbocycles. The summed E-state index contributed by atoms with van der Waals surface area (Å²) in [5.74, 6) is -0.128. The number of nitrogen functional groups attached to an aromatic ring is 1. The van der Waals surface area contributed by atoms with Crippen molar-refractivity contribution in [2.45, 2.75) is 38.8 Å². The summed E-state index contributed by atoms with van der Waals surface area (Å²) in [4.78, 5) is 19.4. The van der Waals surface area contributed by atoms with E-state index >= 15 is 0 Å². The summed E-state index contributed by atoms with van der Waals surface area (Å²) in [5.41, 5.74) is 5.48. The second-order valence-corrected chi connectivity index (χ2v) is 5.96. The van der Waals surface area contributed by atoms with E-state index in [9.17, 15) is 18.0 Å². The number of anilines is 1. The third-order valence-corrected chi connectivity index (χ3v) is 4.02. The van der Waals surface area contributed by atoms with E-state index in [1.165, 1.54) is 25.1 Å². The maximum absolute atomic E-state index is 13.3. The van der Waals surface area contributed by atoms with Crippen molar-refractivity contribution in [1.82, 2.24) is 15.3 Å². The molecule has 0 saturated heterocycles. The Bertz CT molecular complexity index is 777. The Morgan fingerprint density at radius 1 is 1.27 bits per heavy atom. The first-order chi connectivity index (χ1) is 12.2. The van der Waals surface area contributed by atoms with E-state index in [4.69, 9.17) is 5.73 Å². The van der Waals surface area contributed by atoms with Gasteiger partial charge in [0.2, 0.25) is 5.91 Å². The van der Waals surface area contributed by atoms with E-state index in [0.717, 1.165) is 6.07 Å². The Morgan fingerprint density at radius 2 is 1.96 bits per heavy atom. The Morgan fingerprint density at radius 3 is 2.58 bits per heavy atom.